The molecule has 2 nitrogen and oxygen atoms in total. The Hall–Kier alpha value is -2.00. The summed E-state index contributed by atoms with van der Waals surface area (Å²) in [5.41, 5.74) is 3.89. The van der Waals surface area contributed by atoms with Crippen molar-refractivity contribution in [3.05, 3.63) is 96.1 Å². The summed E-state index contributed by atoms with van der Waals surface area (Å²) in [5, 5.41) is 0. The number of pyridine rings is 2. The molecule has 2 aromatic heterocycles. The number of rotatable bonds is 2. The fourth-order valence-electron chi connectivity index (χ4n) is 1.86. The molecule has 0 atom stereocenters. The van der Waals surface area contributed by atoms with Crippen LogP contribution in [0.25, 0.3) is 0 Å². The summed E-state index contributed by atoms with van der Waals surface area (Å²) >= 11 is 0. The monoisotopic (exact) mass is 356 g/mol. The average Bonchev–Trinajstić information content (AvgIpc) is 2.52. The minimum absolute atomic E-state index is 0. The lowest BCUT2D eigenvalue weighted by molar-refractivity contribution is -0.688. The van der Waals surface area contributed by atoms with E-state index in [2.05, 4.69) is 65.3 Å². The number of hydrogen-bond donors (Lipinski definition) is 0. The predicted octanol–water partition coefficient (Wildman–Crippen LogP) is 0.725. The lowest BCUT2D eigenvalue weighted by Gasteiger charge is -1.97. The minimum Gasteiger partial charge on any atom is -1.00 e. The molecule has 0 radical (unpaired) electrons. The van der Waals surface area contributed by atoms with Crippen LogP contribution in [-0.4, -0.2) is 4.98 Å². The molecule has 0 amide bonds. The zero-order valence-corrected chi connectivity index (χ0v) is 14.6. The summed E-state index contributed by atoms with van der Waals surface area (Å²) in [7, 11) is 0. The van der Waals surface area contributed by atoms with E-state index in [4.69, 9.17) is 0 Å². The van der Waals surface area contributed by atoms with Crippen LogP contribution in [0.1, 0.15) is 16.7 Å². The van der Waals surface area contributed by atoms with Gasteiger partial charge < -0.3 is 17.0 Å². The molecular weight excluding hydrogens is 336 g/mol. The van der Waals surface area contributed by atoms with Gasteiger partial charge in [-0.15, -0.1) is 0 Å². The van der Waals surface area contributed by atoms with Crippen molar-refractivity contribution in [2.75, 3.05) is 0 Å². The molecule has 0 aliphatic rings. The Morgan fingerprint density at radius 2 is 1.32 bits per heavy atom. The first kappa shape index (κ1) is 18.1. The normalized spacial score (nSPS) is 9.18. The summed E-state index contributed by atoms with van der Waals surface area (Å²) in [5.74, 6) is 0. The lowest BCUT2D eigenvalue weighted by Crippen LogP contribution is -3.00. The van der Waals surface area contributed by atoms with E-state index in [0.29, 0.717) is 0 Å². The Labute approximate surface area is 143 Å². The standard InChI is InChI=1S/C13H14N.C6H7N.BrH/c1-12-7-9-14(10-8-12)11-13-5-3-2-4-6-13;1-6-2-4-7-5-3-6;/h2-10H,11H2,1H3;2-5H,1H3;1H/q+1;;/p-1. The number of benzene rings is 1. The van der Waals surface area contributed by atoms with Gasteiger partial charge in [-0.1, -0.05) is 30.3 Å². The molecule has 1 aromatic carbocycles. The van der Waals surface area contributed by atoms with Gasteiger partial charge in [-0.2, -0.15) is 0 Å². The van der Waals surface area contributed by atoms with Crippen LogP contribution < -0.4 is 21.5 Å². The molecule has 3 heteroatoms. The molecule has 114 valence electrons. The van der Waals surface area contributed by atoms with Crippen molar-refractivity contribution in [2.24, 2.45) is 0 Å². The Balaban J connectivity index is 0.000000258. The van der Waals surface area contributed by atoms with Crippen molar-refractivity contribution in [3.63, 3.8) is 0 Å². The van der Waals surface area contributed by atoms with Gasteiger partial charge in [-0.3, -0.25) is 4.98 Å². The first-order valence-corrected chi connectivity index (χ1v) is 7.10. The molecule has 0 aliphatic heterocycles. The Bertz CT molecular complexity index is 637. The van der Waals surface area contributed by atoms with Crippen LogP contribution in [0.2, 0.25) is 0 Å². The first-order chi connectivity index (χ1) is 10.2. The number of aromatic nitrogens is 2. The van der Waals surface area contributed by atoms with Crippen LogP contribution in [0.5, 0.6) is 0 Å². The first-order valence-electron chi connectivity index (χ1n) is 7.10. The van der Waals surface area contributed by atoms with E-state index in [1.54, 1.807) is 12.4 Å². The van der Waals surface area contributed by atoms with Gasteiger partial charge in [0.2, 0.25) is 0 Å². The van der Waals surface area contributed by atoms with Crippen molar-refractivity contribution >= 4 is 0 Å². The van der Waals surface area contributed by atoms with Crippen molar-refractivity contribution in [1.29, 1.82) is 0 Å². The van der Waals surface area contributed by atoms with Gasteiger partial charge in [0.15, 0.2) is 18.9 Å². The molecule has 0 saturated heterocycles. The third kappa shape index (κ3) is 6.64. The molecule has 2 heterocycles. The Kier molecular flexibility index (Phi) is 8.08. The molecule has 3 rings (SSSR count). The molecule has 3 aromatic rings. The average molecular weight is 357 g/mol. The SMILES string of the molecule is Cc1cc[n+](Cc2ccccc2)cc1.Cc1ccncc1.[Br-]. The fourth-order valence-corrected chi connectivity index (χ4v) is 1.86. The second-order valence-corrected chi connectivity index (χ2v) is 5.06. The maximum Gasteiger partial charge on any atom is 0.173 e. The van der Waals surface area contributed by atoms with Crippen LogP contribution >= 0.6 is 0 Å². The van der Waals surface area contributed by atoms with Crippen molar-refractivity contribution in [1.82, 2.24) is 4.98 Å². The lowest BCUT2D eigenvalue weighted by atomic mass is 10.2. The molecule has 0 unspecified atom stereocenters. The third-order valence-electron chi connectivity index (χ3n) is 3.11. The zero-order chi connectivity index (χ0) is 14.9. The molecule has 0 N–H and O–H groups in total. The molecule has 0 spiro atoms. The molecule has 22 heavy (non-hydrogen) atoms. The van der Waals surface area contributed by atoms with E-state index >= 15 is 0 Å². The van der Waals surface area contributed by atoms with Gasteiger partial charge in [0, 0.05) is 30.1 Å². The quantitative estimate of drug-likeness (QED) is 0.618. The second-order valence-electron chi connectivity index (χ2n) is 5.06. The number of nitrogens with zero attached hydrogens (tertiary/aromatic N) is 2. The molecule has 0 bridgehead atoms. The largest absolute Gasteiger partial charge is 1.00 e. The smallest absolute Gasteiger partial charge is 0.173 e. The van der Waals surface area contributed by atoms with E-state index in [-0.39, 0.29) is 17.0 Å². The Morgan fingerprint density at radius 1 is 0.773 bits per heavy atom. The van der Waals surface area contributed by atoms with Gasteiger partial charge in [-0.25, -0.2) is 4.57 Å². The highest BCUT2D eigenvalue weighted by Crippen LogP contribution is 1.98. The number of halogens is 1. The fraction of sp³-hybridized carbons (Fsp3) is 0.158. The summed E-state index contributed by atoms with van der Waals surface area (Å²) in [6.45, 7) is 5.09. The summed E-state index contributed by atoms with van der Waals surface area (Å²) < 4.78 is 2.18. The van der Waals surface area contributed by atoms with E-state index < -0.39 is 0 Å². The van der Waals surface area contributed by atoms with E-state index in [0.717, 1.165) is 6.54 Å². The van der Waals surface area contributed by atoms with E-state index in [1.807, 2.05) is 25.1 Å². The number of aryl methyl sites for hydroxylation is 2. The van der Waals surface area contributed by atoms with Crippen LogP contribution in [0, 0.1) is 13.8 Å². The van der Waals surface area contributed by atoms with Crippen LogP contribution in [0.3, 0.4) is 0 Å². The maximum atomic E-state index is 3.85. The van der Waals surface area contributed by atoms with E-state index in [1.165, 1.54) is 16.7 Å². The van der Waals surface area contributed by atoms with Gasteiger partial charge in [0.25, 0.3) is 0 Å². The van der Waals surface area contributed by atoms with Gasteiger partial charge in [0.1, 0.15) is 0 Å². The van der Waals surface area contributed by atoms with Crippen molar-refractivity contribution < 1.29 is 21.5 Å². The van der Waals surface area contributed by atoms with Gasteiger partial charge in [-0.05, 0) is 37.1 Å². The zero-order valence-electron chi connectivity index (χ0n) is 13.0. The van der Waals surface area contributed by atoms with Crippen molar-refractivity contribution in [2.45, 2.75) is 20.4 Å². The van der Waals surface area contributed by atoms with Crippen LogP contribution in [0.4, 0.5) is 0 Å². The minimum atomic E-state index is 0. The molecule has 0 fully saturated rings. The van der Waals surface area contributed by atoms with Crippen LogP contribution in [-0.2, 0) is 6.54 Å². The highest BCUT2D eigenvalue weighted by atomic mass is 79.9. The predicted molar refractivity (Wildman–Crippen MR) is 85.9 cm³/mol. The summed E-state index contributed by atoms with van der Waals surface area (Å²) in [6.07, 6.45) is 7.80. The second kappa shape index (κ2) is 9.85. The van der Waals surface area contributed by atoms with Crippen LogP contribution in [0.15, 0.2) is 79.4 Å². The summed E-state index contributed by atoms with van der Waals surface area (Å²) in [6, 6.07) is 18.7. The topological polar surface area (TPSA) is 16.8 Å². The van der Waals surface area contributed by atoms with Gasteiger partial charge in [0.05, 0.1) is 0 Å². The Morgan fingerprint density at radius 3 is 1.82 bits per heavy atom. The molecular formula is C19H21BrN2. The maximum absolute atomic E-state index is 3.85. The summed E-state index contributed by atoms with van der Waals surface area (Å²) in [4.78, 5) is 3.85. The van der Waals surface area contributed by atoms with Crippen molar-refractivity contribution in [3.8, 4) is 0 Å². The number of hydrogen-bond acceptors (Lipinski definition) is 1. The highest BCUT2D eigenvalue weighted by molar-refractivity contribution is 5.13. The van der Waals surface area contributed by atoms with E-state index in [9.17, 15) is 0 Å². The highest BCUT2D eigenvalue weighted by Gasteiger charge is 1.99. The van der Waals surface area contributed by atoms with Gasteiger partial charge >= 0.3 is 0 Å². The molecule has 0 saturated carbocycles. The third-order valence-corrected chi connectivity index (χ3v) is 3.11. The molecule has 0 aliphatic carbocycles.